The van der Waals surface area contributed by atoms with Gasteiger partial charge in [0, 0.05) is 35.3 Å². The van der Waals surface area contributed by atoms with Gasteiger partial charge in [-0.05, 0) is 41.5 Å². The molecule has 0 fully saturated rings. The van der Waals surface area contributed by atoms with Crippen molar-refractivity contribution in [3.05, 3.63) is 109 Å². The van der Waals surface area contributed by atoms with Crippen molar-refractivity contribution in [1.82, 2.24) is 35.1 Å². The smallest absolute Gasteiger partial charge is 0.161 e. The minimum atomic E-state index is -0.311. The molecule has 0 saturated carbocycles. The van der Waals surface area contributed by atoms with E-state index in [2.05, 4.69) is 30.1 Å². The van der Waals surface area contributed by atoms with E-state index in [1.165, 1.54) is 12.1 Å². The highest BCUT2D eigenvalue weighted by Crippen LogP contribution is 2.32. The van der Waals surface area contributed by atoms with Crippen LogP contribution in [0.4, 0.5) is 4.39 Å². The van der Waals surface area contributed by atoms with Crippen molar-refractivity contribution in [2.45, 2.75) is 6.61 Å². The molecule has 0 aliphatic rings. The number of imidazole rings is 1. The number of benzene rings is 2. The van der Waals surface area contributed by atoms with Gasteiger partial charge in [-0.2, -0.15) is 5.10 Å². The second-order valence-corrected chi connectivity index (χ2v) is 9.03. The largest absolute Gasteiger partial charge is 0.487 e. The number of nitrogens with zero attached hydrogens (tertiary/aromatic N) is 5. The molecule has 2 N–H and O–H groups in total. The molecule has 9 heteroatoms. The van der Waals surface area contributed by atoms with E-state index in [1.807, 2.05) is 54.6 Å². The van der Waals surface area contributed by atoms with Gasteiger partial charge in [-0.1, -0.05) is 42.5 Å². The van der Waals surface area contributed by atoms with Crippen LogP contribution in [0.5, 0.6) is 5.75 Å². The molecular weight excluding hydrogens is 493 g/mol. The third kappa shape index (κ3) is 4.36. The van der Waals surface area contributed by atoms with Crippen LogP contribution in [0, 0.1) is 5.82 Å². The number of fused-ring (bicyclic) bond motifs is 2. The highest BCUT2D eigenvalue weighted by Gasteiger charge is 2.17. The number of ether oxygens (including phenoxy) is 1. The van der Waals surface area contributed by atoms with Crippen LogP contribution in [0.3, 0.4) is 0 Å². The van der Waals surface area contributed by atoms with Crippen LogP contribution in [-0.2, 0) is 6.61 Å². The first-order valence-corrected chi connectivity index (χ1v) is 12.3. The molecule has 0 spiro atoms. The van der Waals surface area contributed by atoms with Gasteiger partial charge in [-0.3, -0.25) is 10.1 Å². The fourth-order valence-electron chi connectivity index (χ4n) is 4.55. The lowest BCUT2D eigenvalue weighted by Crippen LogP contribution is -1.96. The van der Waals surface area contributed by atoms with E-state index in [0.717, 1.165) is 33.2 Å². The number of rotatable bonds is 6. The van der Waals surface area contributed by atoms with E-state index in [9.17, 15) is 4.39 Å². The van der Waals surface area contributed by atoms with Gasteiger partial charge in [-0.25, -0.2) is 19.3 Å². The van der Waals surface area contributed by atoms with Crippen molar-refractivity contribution < 1.29 is 9.13 Å². The lowest BCUT2D eigenvalue weighted by molar-refractivity contribution is 0.305. The van der Waals surface area contributed by atoms with Crippen molar-refractivity contribution in [3.8, 4) is 39.5 Å². The molecule has 2 aromatic carbocycles. The normalized spacial score (nSPS) is 11.3. The topological polar surface area (TPSA) is 105 Å². The van der Waals surface area contributed by atoms with Gasteiger partial charge in [0.1, 0.15) is 29.4 Å². The van der Waals surface area contributed by atoms with Gasteiger partial charge in [0.25, 0.3) is 0 Å². The molecule has 0 bridgehead atoms. The van der Waals surface area contributed by atoms with Gasteiger partial charge in [0.05, 0.1) is 11.6 Å². The first-order chi connectivity index (χ1) is 19.2. The number of halogens is 1. The summed E-state index contributed by atoms with van der Waals surface area (Å²) >= 11 is 0. The molecule has 0 saturated heterocycles. The van der Waals surface area contributed by atoms with E-state index < -0.39 is 0 Å². The Morgan fingerprint density at radius 2 is 1.69 bits per heavy atom. The maximum atomic E-state index is 13.9. The SMILES string of the molecule is Fc1cccc(-c2ccnc3[nH]c(-c4n[nH]c5ncc(-c6cncc(OCc7ccccc7)c6)cc45)nc23)c1. The lowest BCUT2D eigenvalue weighted by Gasteiger charge is -2.08. The predicted octanol–water partition coefficient (Wildman–Crippen LogP) is 6.34. The average Bonchev–Trinajstić information content (AvgIpc) is 3.60. The summed E-state index contributed by atoms with van der Waals surface area (Å²) in [4.78, 5) is 21.4. The first-order valence-electron chi connectivity index (χ1n) is 12.3. The minimum absolute atomic E-state index is 0.311. The molecule has 0 unspecified atom stereocenters. The Morgan fingerprint density at radius 3 is 2.59 bits per heavy atom. The molecule has 5 aromatic heterocycles. The molecule has 0 atom stereocenters. The zero-order valence-electron chi connectivity index (χ0n) is 20.5. The second-order valence-electron chi connectivity index (χ2n) is 9.03. The molecule has 188 valence electrons. The zero-order valence-corrected chi connectivity index (χ0v) is 20.5. The number of pyridine rings is 3. The van der Waals surface area contributed by atoms with Crippen molar-refractivity contribution >= 4 is 22.2 Å². The number of aromatic nitrogens is 7. The summed E-state index contributed by atoms with van der Waals surface area (Å²) in [6.45, 7) is 0.451. The number of H-pyrrole nitrogens is 2. The van der Waals surface area contributed by atoms with Crippen LogP contribution in [0.2, 0.25) is 0 Å². The maximum Gasteiger partial charge on any atom is 0.161 e. The summed E-state index contributed by atoms with van der Waals surface area (Å²) in [7, 11) is 0. The van der Waals surface area contributed by atoms with Gasteiger partial charge in [0.2, 0.25) is 0 Å². The summed E-state index contributed by atoms with van der Waals surface area (Å²) in [5.74, 6) is 0.885. The summed E-state index contributed by atoms with van der Waals surface area (Å²) in [6.07, 6.45) is 6.91. The zero-order chi connectivity index (χ0) is 26.2. The molecule has 0 amide bonds. The van der Waals surface area contributed by atoms with Crippen LogP contribution in [-0.4, -0.2) is 35.1 Å². The number of nitrogens with one attached hydrogen (secondary N) is 2. The third-order valence-corrected chi connectivity index (χ3v) is 6.46. The summed E-state index contributed by atoms with van der Waals surface area (Å²) in [5, 5.41) is 8.25. The molecule has 0 radical (unpaired) electrons. The molecular formula is C30H20FN7O. The third-order valence-electron chi connectivity index (χ3n) is 6.46. The van der Waals surface area contributed by atoms with Gasteiger partial charge in [-0.15, -0.1) is 0 Å². The Bertz CT molecular complexity index is 1950. The molecule has 7 rings (SSSR count). The fourth-order valence-corrected chi connectivity index (χ4v) is 4.55. The van der Waals surface area contributed by atoms with E-state index in [0.29, 0.717) is 40.7 Å². The van der Waals surface area contributed by atoms with Crippen LogP contribution in [0.15, 0.2) is 97.6 Å². The Balaban J connectivity index is 1.24. The number of hydrogen-bond acceptors (Lipinski definition) is 6. The Kier molecular flexibility index (Phi) is 5.51. The van der Waals surface area contributed by atoms with Gasteiger partial charge >= 0.3 is 0 Å². The highest BCUT2D eigenvalue weighted by atomic mass is 19.1. The predicted molar refractivity (Wildman–Crippen MR) is 146 cm³/mol. The van der Waals surface area contributed by atoms with Crippen molar-refractivity contribution in [1.29, 1.82) is 0 Å². The Hall–Kier alpha value is -5.44. The summed E-state index contributed by atoms with van der Waals surface area (Å²) < 4.78 is 19.9. The van der Waals surface area contributed by atoms with Crippen molar-refractivity contribution in [2.24, 2.45) is 0 Å². The Morgan fingerprint density at radius 1 is 0.795 bits per heavy atom. The number of hydrogen-bond donors (Lipinski definition) is 2. The lowest BCUT2D eigenvalue weighted by atomic mass is 10.1. The van der Waals surface area contributed by atoms with E-state index in [-0.39, 0.29) is 5.82 Å². The fraction of sp³-hybridized carbons (Fsp3) is 0.0333. The van der Waals surface area contributed by atoms with Crippen molar-refractivity contribution in [2.75, 3.05) is 0 Å². The first kappa shape index (κ1) is 22.7. The highest BCUT2D eigenvalue weighted by molar-refractivity contribution is 5.96. The number of aromatic amines is 2. The summed E-state index contributed by atoms with van der Waals surface area (Å²) in [5.41, 5.74) is 6.74. The van der Waals surface area contributed by atoms with Gasteiger partial charge < -0.3 is 9.72 Å². The van der Waals surface area contributed by atoms with Crippen LogP contribution < -0.4 is 4.74 Å². The van der Waals surface area contributed by atoms with E-state index in [1.54, 1.807) is 30.9 Å². The quantitative estimate of drug-likeness (QED) is 0.269. The van der Waals surface area contributed by atoms with Crippen LogP contribution >= 0.6 is 0 Å². The molecule has 8 nitrogen and oxygen atoms in total. The second kappa shape index (κ2) is 9.46. The van der Waals surface area contributed by atoms with E-state index >= 15 is 0 Å². The van der Waals surface area contributed by atoms with Crippen LogP contribution in [0.1, 0.15) is 5.56 Å². The van der Waals surface area contributed by atoms with Crippen LogP contribution in [0.25, 0.3) is 56.0 Å². The minimum Gasteiger partial charge on any atom is -0.487 e. The molecule has 7 aromatic rings. The molecule has 5 heterocycles. The molecule has 0 aliphatic carbocycles. The van der Waals surface area contributed by atoms with E-state index in [4.69, 9.17) is 9.72 Å². The average molecular weight is 514 g/mol. The maximum absolute atomic E-state index is 13.9. The standard InChI is InChI=1S/C30H20FN7O/c31-22-8-4-7-19(11-22)24-9-10-33-29-26(24)35-30(36-29)27-25-13-21(15-34-28(25)38-37-27)20-12-23(16-32-14-20)39-17-18-5-2-1-3-6-18/h1-16H,17H2,(H,33,35,36)(H,34,37,38). The monoisotopic (exact) mass is 513 g/mol. The molecule has 0 aliphatic heterocycles. The summed E-state index contributed by atoms with van der Waals surface area (Å²) in [6, 6.07) is 22.2. The molecule has 39 heavy (non-hydrogen) atoms. The van der Waals surface area contributed by atoms with Crippen molar-refractivity contribution in [3.63, 3.8) is 0 Å². The Labute approximate surface area is 221 Å². The van der Waals surface area contributed by atoms with Gasteiger partial charge in [0.15, 0.2) is 17.1 Å².